The van der Waals surface area contributed by atoms with Crippen LogP contribution >= 0.6 is 0 Å². The van der Waals surface area contributed by atoms with Crippen molar-refractivity contribution in [2.24, 2.45) is 5.92 Å². The highest BCUT2D eigenvalue weighted by atomic mass is 16.6. The van der Waals surface area contributed by atoms with E-state index in [1.807, 2.05) is 6.92 Å². The lowest BCUT2D eigenvalue weighted by molar-refractivity contribution is -0.144. The molecule has 0 aliphatic carbocycles. The molecule has 86 valence electrons. The second-order valence-corrected chi connectivity index (χ2v) is 4.80. The predicted molar refractivity (Wildman–Crippen MR) is 57.6 cm³/mol. The van der Waals surface area contributed by atoms with Gasteiger partial charge in [-0.05, 0) is 13.5 Å². The molecule has 15 heavy (non-hydrogen) atoms. The molecule has 0 N–H and O–H groups in total. The van der Waals surface area contributed by atoms with Crippen molar-refractivity contribution in [1.29, 1.82) is 0 Å². The van der Waals surface area contributed by atoms with Gasteiger partial charge in [0, 0.05) is 32.7 Å². The topological polar surface area (TPSA) is 32.8 Å². The quantitative estimate of drug-likeness (QED) is 0.612. The van der Waals surface area contributed by atoms with Gasteiger partial charge < -0.3 is 9.64 Å². The third kappa shape index (κ3) is 2.69. The first-order chi connectivity index (χ1) is 7.15. The number of nitrogens with zero attached hydrogens (tertiary/aromatic N) is 2. The number of carbonyl (C=O) groups is 1. The van der Waals surface area contributed by atoms with Gasteiger partial charge in [0.2, 0.25) is 0 Å². The molecule has 0 saturated carbocycles. The molecule has 0 spiro atoms. The molecule has 2 unspecified atom stereocenters. The first kappa shape index (κ1) is 10.9. The van der Waals surface area contributed by atoms with Crippen LogP contribution in [-0.4, -0.2) is 61.6 Å². The van der Waals surface area contributed by atoms with Gasteiger partial charge in [0.05, 0.1) is 5.92 Å². The van der Waals surface area contributed by atoms with Gasteiger partial charge in [-0.15, -0.1) is 0 Å². The predicted octanol–water partition coefficient (Wildman–Crippen LogP) is 0.185. The highest BCUT2D eigenvalue weighted by Crippen LogP contribution is 2.21. The second kappa shape index (κ2) is 4.49. The van der Waals surface area contributed by atoms with Crippen molar-refractivity contribution in [3.63, 3.8) is 0 Å². The molecule has 2 atom stereocenters. The normalized spacial score (nSPS) is 34.4. The van der Waals surface area contributed by atoms with Crippen molar-refractivity contribution in [3.8, 4) is 0 Å². The average molecular weight is 212 g/mol. The molecule has 0 aromatic carbocycles. The molecule has 0 amide bonds. The number of hydrogen-bond acceptors (Lipinski definition) is 4. The van der Waals surface area contributed by atoms with E-state index in [0.717, 1.165) is 39.1 Å². The lowest BCUT2D eigenvalue weighted by Crippen LogP contribution is -2.46. The second-order valence-electron chi connectivity index (χ2n) is 4.80. The maximum atomic E-state index is 11.2. The van der Waals surface area contributed by atoms with E-state index in [1.165, 1.54) is 0 Å². The van der Waals surface area contributed by atoms with Crippen LogP contribution in [0.2, 0.25) is 0 Å². The molecule has 2 heterocycles. The minimum Gasteiger partial charge on any atom is -0.461 e. The largest absolute Gasteiger partial charge is 0.461 e. The molecule has 4 heteroatoms. The summed E-state index contributed by atoms with van der Waals surface area (Å²) in [4.78, 5) is 16.0. The van der Waals surface area contributed by atoms with Crippen LogP contribution in [0.4, 0.5) is 0 Å². The number of carbonyl (C=O) groups excluding carboxylic acids is 1. The van der Waals surface area contributed by atoms with Crippen molar-refractivity contribution >= 4 is 5.97 Å². The first-order valence-corrected chi connectivity index (χ1v) is 5.76. The summed E-state index contributed by atoms with van der Waals surface area (Å²) in [5, 5.41) is 0. The van der Waals surface area contributed by atoms with E-state index in [9.17, 15) is 4.79 Å². The standard InChI is InChI=1S/C11H20N2O2/c1-9-7-10(15-11(9)14)8-13-5-3-12(2)4-6-13/h9-10H,3-8H2,1-2H3. The number of ether oxygens (including phenoxy) is 1. The SMILES string of the molecule is CC1CC(CN2CCN(C)CC2)OC1=O. The highest BCUT2D eigenvalue weighted by molar-refractivity contribution is 5.74. The molecule has 2 aliphatic heterocycles. The van der Waals surface area contributed by atoms with Crippen molar-refractivity contribution < 1.29 is 9.53 Å². The van der Waals surface area contributed by atoms with Crippen LogP contribution < -0.4 is 0 Å². The van der Waals surface area contributed by atoms with Gasteiger partial charge in [-0.25, -0.2) is 0 Å². The molecule has 0 radical (unpaired) electrons. The van der Waals surface area contributed by atoms with Gasteiger partial charge in [0.25, 0.3) is 0 Å². The summed E-state index contributed by atoms with van der Waals surface area (Å²) in [6, 6.07) is 0. The van der Waals surface area contributed by atoms with Gasteiger partial charge in [-0.2, -0.15) is 0 Å². The number of rotatable bonds is 2. The van der Waals surface area contributed by atoms with Crippen LogP contribution in [0.15, 0.2) is 0 Å². The van der Waals surface area contributed by atoms with E-state index in [4.69, 9.17) is 4.74 Å². The number of esters is 1. The van der Waals surface area contributed by atoms with Crippen LogP contribution in [0, 0.1) is 5.92 Å². The van der Waals surface area contributed by atoms with E-state index < -0.39 is 0 Å². The molecule has 0 aromatic rings. The Kier molecular flexibility index (Phi) is 3.26. The Morgan fingerprint density at radius 2 is 2.00 bits per heavy atom. The molecule has 2 rings (SSSR count). The maximum absolute atomic E-state index is 11.2. The fourth-order valence-electron chi connectivity index (χ4n) is 2.25. The van der Waals surface area contributed by atoms with Gasteiger partial charge >= 0.3 is 5.97 Å². The monoisotopic (exact) mass is 212 g/mol. The maximum Gasteiger partial charge on any atom is 0.309 e. The lowest BCUT2D eigenvalue weighted by Gasteiger charge is -2.33. The van der Waals surface area contributed by atoms with Crippen LogP contribution in [0.5, 0.6) is 0 Å². The zero-order chi connectivity index (χ0) is 10.8. The van der Waals surface area contributed by atoms with Gasteiger partial charge in [0.1, 0.15) is 6.10 Å². The van der Waals surface area contributed by atoms with E-state index in [2.05, 4.69) is 16.8 Å². The van der Waals surface area contributed by atoms with Crippen LogP contribution in [0.1, 0.15) is 13.3 Å². The van der Waals surface area contributed by atoms with Gasteiger partial charge in [-0.3, -0.25) is 9.69 Å². The van der Waals surface area contributed by atoms with Crippen molar-refractivity contribution in [1.82, 2.24) is 9.80 Å². The summed E-state index contributed by atoms with van der Waals surface area (Å²) in [5.41, 5.74) is 0. The highest BCUT2D eigenvalue weighted by Gasteiger charge is 2.32. The van der Waals surface area contributed by atoms with Crippen molar-refractivity contribution in [2.75, 3.05) is 39.8 Å². The molecular weight excluding hydrogens is 192 g/mol. The van der Waals surface area contributed by atoms with Crippen LogP contribution in [-0.2, 0) is 9.53 Å². The fraction of sp³-hybridized carbons (Fsp3) is 0.909. The summed E-state index contributed by atoms with van der Waals surface area (Å²) >= 11 is 0. The van der Waals surface area contributed by atoms with E-state index >= 15 is 0 Å². The zero-order valence-corrected chi connectivity index (χ0v) is 9.61. The minimum absolute atomic E-state index is 0.0193. The summed E-state index contributed by atoms with van der Waals surface area (Å²) in [6.45, 7) is 7.31. The number of cyclic esters (lactones) is 1. The third-order valence-corrected chi connectivity index (χ3v) is 3.36. The summed E-state index contributed by atoms with van der Waals surface area (Å²) in [7, 11) is 2.15. The van der Waals surface area contributed by atoms with E-state index in [0.29, 0.717) is 0 Å². The smallest absolute Gasteiger partial charge is 0.309 e. The molecule has 0 bridgehead atoms. The van der Waals surface area contributed by atoms with Gasteiger partial charge in [0.15, 0.2) is 0 Å². The van der Waals surface area contributed by atoms with Gasteiger partial charge in [-0.1, -0.05) is 6.92 Å². The molecule has 4 nitrogen and oxygen atoms in total. The number of piperazine rings is 1. The number of hydrogen-bond donors (Lipinski definition) is 0. The molecule has 2 fully saturated rings. The zero-order valence-electron chi connectivity index (χ0n) is 9.61. The Balaban J connectivity index is 1.76. The van der Waals surface area contributed by atoms with Crippen LogP contribution in [0.3, 0.4) is 0 Å². The third-order valence-electron chi connectivity index (χ3n) is 3.36. The summed E-state index contributed by atoms with van der Waals surface area (Å²) in [6.07, 6.45) is 1.03. The Morgan fingerprint density at radius 3 is 2.53 bits per heavy atom. The Hall–Kier alpha value is -0.610. The summed E-state index contributed by atoms with van der Waals surface area (Å²) < 4.78 is 5.31. The number of likely N-dealkylation sites (N-methyl/N-ethyl adjacent to an activating group) is 1. The first-order valence-electron chi connectivity index (χ1n) is 5.76. The Bertz CT molecular complexity index is 237. The van der Waals surface area contributed by atoms with E-state index in [-0.39, 0.29) is 18.0 Å². The fourth-order valence-corrected chi connectivity index (χ4v) is 2.25. The average Bonchev–Trinajstić information content (AvgIpc) is 2.50. The van der Waals surface area contributed by atoms with Crippen molar-refractivity contribution in [2.45, 2.75) is 19.4 Å². The molecule has 2 saturated heterocycles. The minimum atomic E-state index is -0.0193. The Morgan fingerprint density at radius 1 is 1.33 bits per heavy atom. The molecule has 2 aliphatic rings. The molecule has 0 aromatic heterocycles. The lowest BCUT2D eigenvalue weighted by atomic mass is 10.1. The van der Waals surface area contributed by atoms with Crippen molar-refractivity contribution in [3.05, 3.63) is 0 Å². The van der Waals surface area contributed by atoms with E-state index in [1.54, 1.807) is 0 Å². The summed E-state index contributed by atoms with van der Waals surface area (Å²) in [5.74, 6) is 0.0802. The Labute approximate surface area is 91.2 Å². The van der Waals surface area contributed by atoms with Crippen LogP contribution in [0.25, 0.3) is 0 Å². The molecular formula is C11H20N2O2.